The van der Waals surface area contributed by atoms with Gasteiger partial charge in [0.25, 0.3) is 0 Å². The Morgan fingerprint density at radius 3 is 2.67 bits per heavy atom. The number of rotatable bonds is 5. The molecule has 2 aromatic rings. The lowest BCUT2D eigenvalue weighted by molar-refractivity contribution is -0.137. The lowest BCUT2D eigenvalue weighted by atomic mass is 10.2. The lowest BCUT2D eigenvalue weighted by Crippen LogP contribution is -2.28. The van der Waals surface area contributed by atoms with Gasteiger partial charge < -0.3 is 10.4 Å². The average Bonchev–Trinajstić information content (AvgIpc) is 2.90. The zero-order chi connectivity index (χ0) is 13.0. The van der Waals surface area contributed by atoms with E-state index in [9.17, 15) is 4.79 Å². The van der Waals surface area contributed by atoms with Crippen molar-refractivity contribution in [2.24, 2.45) is 0 Å². The standard InChI is InChI=1S/C13H15N3O2/c1-2-12(13(17)18)15-10-4-6-11(7-5-10)16-9-3-8-14-16/h3-9,12,15H,2H2,1H3,(H,17,18). The van der Waals surface area contributed by atoms with Gasteiger partial charge in [0.15, 0.2) is 0 Å². The highest BCUT2D eigenvalue weighted by Crippen LogP contribution is 2.14. The maximum Gasteiger partial charge on any atom is 0.326 e. The predicted octanol–water partition coefficient (Wildman–Crippen LogP) is 2.15. The van der Waals surface area contributed by atoms with Crippen LogP contribution >= 0.6 is 0 Å². The van der Waals surface area contributed by atoms with Crippen LogP contribution < -0.4 is 5.32 Å². The molecule has 1 aromatic carbocycles. The minimum Gasteiger partial charge on any atom is -0.480 e. The molecule has 1 heterocycles. The van der Waals surface area contributed by atoms with E-state index in [1.165, 1.54) is 0 Å². The Kier molecular flexibility index (Phi) is 3.62. The number of carboxylic acids is 1. The van der Waals surface area contributed by atoms with Gasteiger partial charge in [-0.1, -0.05) is 6.92 Å². The molecular weight excluding hydrogens is 230 g/mol. The topological polar surface area (TPSA) is 67.2 Å². The van der Waals surface area contributed by atoms with Crippen LogP contribution in [0.15, 0.2) is 42.7 Å². The van der Waals surface area contributed by atoms with Gasteiger partial charge in [-0.25, -0.2) is 9.48 Å². The second kappa shape index (κ2) is 5.35. The quantitative estimate of drug-likeness (QED) is 0.847. The molecule has 5 heteroatoms. The molecule has 0 aliphatic rings. The summed E-state index contributed by atoms with van der Waals surface area (Å²) in [6, 6.07) is 8.78. The van der Waals surface area contributed by atoms with Crippen molar-refractivity contribution in [3.63, 3.8) is 0 Å². The van der Waals surface area contributed by atoms with Crippen molar-refractivity contribution < 1.29 is 9.90 Å². The third-order valence-electron chi connectivity index (χ3n) is 2.68. The second-order valence-corrected chi connectivity index (χ2v) is 3.94. The zero-order valence-corrected chi connectivity index (χ0v) is 10.1. The number of nitrogens with one attached hydrogen (secondary N) is 1. The highest BCUT2D eigenvalue weighted by Gasteiger charge is 2.13. The molecule has 0 spiro atoms. The first kappa shape index (κ1) is 12.2. The number of nitrogens with zero attached hydrogens (tertiary/aromatic N) is 2. The van der Waals surface area contributed by atoms with Crippen LogP contribution in [0.4, 0.5) is 5.69 Å². The number of aliphatic carboxylic acids is 1. The summed E-state index contributed by atoms with van der Waals surface area (Å²) >= 11 is 0. The van der Waals surface area contributed by atoms with Gasteiger partial charge >= 0.3 is 5.97 Å². The number of aromatic nitrogens is 2. The molecule has 0 saturated carbocycles. The predicted molar refractivity (Wildman–Crippen MR) is 68.9 cm³/mol. The summed E-state index contributed by atoms with van der Waals surface area (Å²) in [5, 5.41) is 16.1. The fraction of sp³-hybridized carbons (Fsp3) is 0.231. The van der Waals surface area contributed by atoms with Crippen molar-refractivity contribution in [2.75, 3.05) is 5.32 Å². The van der Waals surface area contributed by atoms with E-state index in [2.05, 4.69) is 10.4 Å². The summed E-state index contributed by atoms with van der Waals surface area (Å²) in [5.74, 6) is -0.839. The van der Waals surface area contributed by atoms with Crippen molar-refractivity contribution in [3.05, 3.63) is 42.7 Å². The fourth-order valence-electron chi connectivity index (χ4n) is 1.67. The largest absolute Gasteiger partial charge is 0.480 e. The Labute approximate surface area is 105 Å². The van der Waals surface area contributed by atoms with Crippen molar-refractivity contribution in [1.29, 1.82) is 0 Å². The molecule has 0 fully saturated rings. The van der Waals surface area contributed by atoms with Crippen LogP contribution in [0.25, 0.3) is 5.69 Å². The molecule has 0 amide bonds. The minimum absolute atomic E-state index is 0.538. The third kappa shape index (κ3) is 2.68. The summed E-state index contributed by atoms with van der Waals surface area (Å²) in [6.07, 6.45) is 4.11. The van der Waals surface area contributed by atoms with Gasteiger partial charge in [-0.2, -0.15) is 5.10 Å². The van der Waals surface area contributed by atoms with Gasteiger partial charge in [0, 0.05) is 18.1 Å². The van der Waals surface area contributed by atoms with Gasteiger partial charge in [-0.3, -0.25) is 0 Å². The van der Waals surface area contributed by atoms with Crippen molar-refractivity contribution in [3.8, 4) is 5.69 Å². The fourth-order valence-corrected chi connectivity index (χ4v) is 1.67. The van der Waals surface area contributed by atoms with E-state index in [0.717, 1.165) is 11.4 Å². The number of hydrogen-bond acceptors (Lipinski definition) is 3. The van der Waals surface area contributed by atoms with Crippen LogP contribution in [0, 0.1) is 0 Å². The molecule has 0 aliphatic carbocycles. The molecule has 1 unspecified atom stereocenters. The maximum absolute atomic E-state index is 10.9. The number of carbonyl (C=O) groups is 1. The first-order chi connectivity index (χ1) is 8.70. The highest BCUT2D eigenvalue weighted by molar-refractivity contribution is 5.77. The summed E-state index contributed by atoms with van der Waals surface area (Å²) in [5.41, 5.74) is 1.73. The Morgan fingerprint density at radius 2 is 2.17 bits per heavy atom. The molecule has 0 bridgehead atoms. The van der Waals surface area contributed by atoms with E-state index in [4.69, 9.17) is 5.11 Å². The van der Waals surface area contributed by atoms with Crippen LogP contribution in [0.1, 0.15) is 13.3 Å². The lowest BCUT2D eigenvalue weighted by Gasteiger charge is -2.13. The maximum atomic E-state index is 10.9. The summed E-state index contributed by atoms with van der Waals surface area (Å²) in [4.78, 5) is 10.9. The molecule has 2 rings (SSSR count). The number of carboxylic acid groups (broad SMARTS) is 1. The first-order valence-electron chi connectivity index (χ1n) is 5.80. The molecular formula is C13H15N3O2. The van der Waals surface area contributed by atoms with Crippen LogP contribution in [-0.2, 0) is 4.79 Å². The Bertz CT molecular complexity index is 506. The monoisotopic (exact) mass is 245 g/mol. The Hall–Kier alpha value is -2.30. The average molecular weight is 245 g/mol. The van der Waals surface area contributed by atoms with Gasteiger partial charge in [0.05, 0.1) is 5.69 Å². The highest BCUT2D eigenvalue weighted by atomic mass is 16.4. The van der Waals surface area contributed by atoms with Crippen molar-refractivity contribution in [2.45, 2.75) is 19.4 Å². The molecule has 2 N–H and O–H groups in total. The van der Waals surface area contributed by atoms with E-state index >= 15 is 0 Å². The van der Waals surface area contributed by atoms with Crippen molar-refractivity contribution >= 4 is 11.7 Å². The van der Waals surface area contributed by atoms with E-state index in [-0.39, 0.29) is 0 Å². The zero-order valence-electron chi connectivity index (χ0n) is 10.1. The van der Waals surface area contributed by atoms with Gasteiger partial charge in [0.1, 0.15) is 6.04 Å². The van der Waals surface area contributed by atoms with E-state index in [1.54, 1.807) is 10.9 Å². The van der Waals surface area contributed by atoms with E-state index in [1.807, 2.05) is 43.5 Å². The van der Waals surface area contributed by atoms with Gasteiger partial charge in [-0.15, -0.1) is 0 Å². The molecule has 1 atom stereocenters. The Balaban J connectivity index is 2.10. The van der Waals surface area contributed by atoms with Crippen LogP contribution in [0.3, 0.4) is 0 Å². The summed E-state index contributed by atoms with van der Waals surface area (Å²) in [7, 11) is 0. The Morgan fingerprint density at radius 1 is 1.44 bits per heavy atom. The van der Waals surface area contributed by atoms with Crippen LogP contribution in [-0.4, -0.2) is 26.9 Å². The number of hydrogen-bond donors (Lipinski definition) is 2. The summed E-state index contributed by atoms with van der Waals surface area (Å²) in [6.45, 7) is 1.84. The van der Waals surface area contributed by atoms with E-state index < -0.39 is 12.0 Å². The molecule has 18 heavy (non-hydrogen) atoms. The van der Waals surface area contributed by atoms with Crippen molar-refractivity contribution in [1.82, 2.24) is 9.78 Å². The minimum atomic E-state index is -0.839. The van der Waals surface area contributed by atoms with E-state index in [0.29, 0.717) is 6.42 Å². The summed E-state index contributed by atoms with van der Waals surface area (Å²) < 4.78 is 1.75. The SMILES string of the molecule is CCC(Nc1ccc(-n2cccn2)cc1)C(=O)O. The number of benzene rings is 1. The third-order valence-corrected chi connectivity index (χ3v) is 2.68. The molecule has 0 radical (unpaired) electrons. The number of anilines is 1. The van der Waals surface area contributed by atoms with Crippen LogP contribution in [0.5, 0.6) is 0 Å². The normalized spacial score (nSPS) is 12.1. The molecule has 94 valence electrons. The molecule has 1 aromatic heterocycles. The van der Waals surface area contributed by atoms with Gasteiger partial charge in [-0.05, 0) is 36.8 Å². The molecule has 0 aliphatic heterocycles. The first-order valence-corrected chi connectivity index (χ1v) is 5.80. The smallest absolute Gasteiger partial charge is 0.326 e. The molecule has 0 saturated heterocycles. The van der Waals surface area contributed by atoms with Gasteiger partial charge in [0.2, 0.25) is 0 Å². The second-order valence-electron chi connectivity index (χ2n) is 3.94. The van der Waals surface area contributed by atoms with Crippen LogP contribution in [0.2, 0.25) is 0 Å². The molecule has 5 nitrogen and oxygen atoms in total.